The van der Waals surface area contributed by atoms with Crippen molar-refractivity contribution in [3.8, 4) is 50.7 Å². The summed E-state index contributed by atoms with van der Waals surface area (Å²) in [7, 11) is 0. The lowest BCUT2D eigenvalue weighted by atomic mass is 9.85. The fraction of sp³-hybridized carbons (Fsp3) is 0.0169. The molecule has 0 saturated carbocycles. The van der Waals surface area contributed by atoms with Gasteiger partial charge in [-0.3, -0.25) is 0 Å². The second kappa shape index (κ2) is 15.3. The van der Waals surface area contributed by atoms with Crippen molar-refractivity contribution in [3.63, 3.8) is 0 Å². The molecule has 11 aromatic rings. The fourth-order valence-electron chi connectivity index (χ4n) is 9.46. The summed E-state index contributed by atoms with van der Waals surface area (Å²) in [5.74, 6) is 0.684. The maximum Gasteiger partial charge on any atom is 0.160 e. The standard InChI is InChI=1S/C59H40N4/c1-4-16-39(17-5-1)51-37-53(41-18-6-2-7-19-41)60-52-35-34-47-46(26-15-27-50(47)58(51)52)40-30-32-43(33-31-40)59-61-54(42-20-8-3-9-21-42)38-55(62-59)44-22-14-23-45(36-44)63-56-28-12-10-24-48(56)49-25-11-13-29-57(49)63/h1-38,53,60H. The van der Waals surface area contributed by atoms with Gasteiger partial charge < -0.3 is 9.88 Å². The lowest BCUT2D eigenvalue weighted by Crippen LogP contribution is -2.15. The van der Waals surface area contributed by atoms with Crippen molar-refractivity contribution in [3.05, 3.63) is 247 Å². The van der Waals surface area contributed by atoms with E-state index in [0.29, 0.717) is 5.82 Å². The summed E-state index contributed by atoms with van der Waals surface area (Å²) in [6.07, 6.45) is 2.38. The number of rotatable bonds is 7. The molecule has 0 aliphatic carbocycles. The molecule has 1 N–H and O–H groups in total. The Bertz CT molecular complexity index is 3460. The number of anilines is 1. The van der Waals surface area contributed by atoms with Crippen LogP contribution in [0.2, 0.25) is 0 Å². The molecule has 0 radical (unpaired) electrons. The second-order valence-electron chi connectivity index (χ2n) is 16.2. The van der Waals surface area contributed by atoms with E-state index in [2.05, 4.69) is 234 Å². The minimum Gasteiger partial charge on any atom is -0.374 e. The first-order valence-electron chi connectivity index (χ1n) is 21.5. The van der Waals surface area contributed by atoms with E-state index in [0.717, 1.165) is 45.0 Å². The van der Waals surface area contributed by atoms with Gasteiger partial charge >= 0.3 is 0 Å². The molecule has 1 aliphatic rings. The molecule has 0 fully saturated rings. The Morgan fingerprint density at radius 1 is 0.397 bits per heavy atom. The van der Waals surface area contributed by atoms with Crippen LogP contribution in [0.25, 0.3) is 88.9 Å². The number of para-hydroxylation sites is 2. The first-order valence-corrected chi connectivity index (χ1v) is 21.5. The van der Waals surface area contributed by atoms with Crippen LogP contribution in [0.15, 0.2) is 231 Å². The van der Waals surface area contributed by atoms with Gasteiger partial charge in [-0.25, -0.2) is 9.97 Å². The lowest BCUT2D eigenvalue weighted by molar-refractivity contribution is 0.974. The minimum absolute atomic E-state index is 0.0641. The monoisotopic (exact) mass is 804 g/mol. The number of benzene rings is 9. The average molecular weight is 805 g/mol. The van der Waals surface area contributed by atoms with Gasteiger partial charge in [0.05, 0.1) is 28.5 Å². The SMILES string of the molecule is C1=C(c2ccccc2)c2c(ccc3c(-c4ccc(-c5nc(-c6ccccc6)cc(-c6cccc(-n7c8ccccc8c8ccccc87)c6)n5)cc4)cccc23)NC1c1ccccc1. The summed E-state index contributed by atoms with van der Waals surface area (Å²) >= 11 is 0. The summed E-state index contributed by atoms with van der Waals surface area (Å²) in [5, 5.41) is 8.76. The molecule has 0 spiro atoms. The highest BCUT2D eigenvalue weighted by Gasteiger charge is 2.24. The molecule has 0 bridgehead atoms. The van der Waals surface area contributed by atoms with Crippen molar-refractivity contribution in [1.29, 1.82) is 0 Å². The Kier molecular flexibility index (Phi) is 8.86. The Morgan fingerprint density at radius 2 is 0.968 bits per heavy atom. The third-order valence-electron chi connectivity index (χ3n) is 12.4. The quantitative estimate of drug-likeness (QED) is 0.174. The van der Waals surface area contributed by atoms with Crippen molar-refractivity contribution < 1.29 is 0 Å². The third kappa shape index (κ3) is 6.48. The molecule has 1 unspecified atom stereocenters. The van der Waals surface area contributed by atoms with E-state index >= 15 is 0 Å². The Morgan fingerprint density at radius 3 is 1.68 bits per heavy atom. The number of hydrogen-bond acceptors (Lipinski definition) is 3. The van der Waals surface area contributed by atoms with E-state index in [1.54, 1.807) is 0 Å². The van der Waals surface area contributed by atoms with Gasteiger partial charge in [-0.05, 0) is 81.1 Å². The highest BCUT2D eigenvalue weighted by atomic mass is 15.0. The van der Waals surface area contributed by atoms with Crippen LogP contribution in [0.3, 0.4) is 0 Å². The average Bonchev–Trinajstić information content (AvgIpc) is 3.71. The van der Waals surface area contributed by atoms with Crippen molar-refractivity contribution in [2.45, 2.75) is 6.04 Å². The van der Waals surface area contributed by atoms with Crippen LogP contribution in [-0.2, 0) is 0 Å². The van der Waals surface area contributed by atoms with Crippen LogP contribution in [0.5, 0.6) is 0 Å². The molecule has 9 aromatic carbocycles. The van der Waals surface area contributed by atoms with Gasteiger partial charge in [0.2, 0.25) is 0 Å². The summed E-state index contributed by atoms with van der Waals surface area (Å²) in [4.78, 5) is 10.5. The molecule has 63 heavy (non-hydrogen) atoms. The van der Waals surface area contributed by atoms with Gasteiger partial charge in [0.15, 0.2) is 5.82 Å². The number of aromatic nitrogens is 3. The molecular weight excluding hydrogens is 765 g/mol. The molecule has 4 heteroatoms. The topological polar surface area (TPSA) is 42.7 Å². The van der Waals surface area contributed by atoms with Crippen LogP contribution < -0.4 is 5.32 Å². The maximum atomic E-state index is 5.28. The van der Waals surface area contributed by atoms with Crippen molar-refractivity contribution >= 4 is 43.8 Å². The van der Waals surface area contributed by atoms with E-state index in [9.17, 15) is 0 Å². The predicted octanol–water partition coefficient (Wildman–Crippen LogP) is 15.0. The molecule has 296 valence electrons. The summed E-state index contributed by atoms with van der Waals surface area (Å²) in [6, 6.07) is 79.9. The summed E-state index contributed by atoms with van der Waals surface area (Å²) in [6.45, 7) is 0. The number of nitrogens with zero attached hydrogens (tertiary/aromatic N) is 3. The molecule has 12 rings (SSSR count). The zero-order valence-corrected chi connectivity index (χ0v) is 34.4. The number of hydrogen-bond donors (Lipinski definition) is 1. The van der Waals surface area contributed by atoms with E-state index in [1.807, 2.05) is 6.07 Å². The first kappa shape index (κ1) is 36.5. The van der Waals surface area contributed by atoms with Crippen molar-refractivity contribution in [2.24, 2.45) is 0 Å². The van der Waals surface area contributed by atoms with Crippen LogP contribution in [0.1, 0.15) is 22.7 Å². The summed E-state index contributed by atoms with van der Waals surface area (Å²) in [5.41, 5.74) is 16.6. The van der Waals surface area contributed by atoms with Crippen molar-refractivity contribution in [1.82, 2.24) is 14.5 Å². The van der Waals surface area contributed by atoms with E-state index in [1.165, 1.54) is 60.4 Å². The molecule has 2 aromatic heterocycles. The highest BCUT2D eigenvalue weighted by Crippen LogP contribution is 2.44. The largest absolute Gasteiger partial charge is 0.374 e. The van der Waals surface area contributed by atoms with Gasteiger partial charge in [0.25, 0.3) is 0 Å². The maximum absolute atomic E-state index is 5.28. The molecular formula is C59H40N4. The fourth-order valence-corrected chi connectivity index (χ4v) is 9.46. The zero-order chi connectivity index (χ0) is 41.7. The van der Waals surface area contributed by atoms with Crippen molar-refractivity contribution in [2.75, 3.05) is 5.32 Å². The molecule has 3 heterocycles. The molecule has 1 aliphatic heterocycles. The predicted molar refractivity (Wildman–Crippen MR) is 262 cm³/mol. The van der Waals surface area contributed by atoms with Crippen LogP contribution in [0, 0.1) is 0 Å². The van der Waals surface area contributed by atoms with E-state index in [-0.39, 0.29) is 6.04 Å². The summed E-state index contributed by atoms with van der Waals surface area (Å²) < 4.78 is 2.35. The van der Waals surface area contributed by atoms with Gasteiger partial charge in [-0.15, -0.1) is 0 Å². The minimum atomic E-state index is 0.0641. The van der Waals surface area contributed by atoms with E-state index in [4.69, 9.17) is 9.97 Å². The van der Waals surface area contributed by atoms with Crippen LogP contribution >= 0.6 is 0 Å². The molecule has 0 amide bonds. The Hall–Kier alpha value is -8.34. The van der Waals surface area contributed by atoms with Gasteiger partial charge in [0, 0.05) is 44.4 Å². The number of fused-ring (bicyclic) bond motifs is 6. The van der Waals surface area contributed by atoms with Gasteiger partial charge in [-0.2, -0.15) is 0 Å². The van der Waals surface area contributed by atoms with Crippen LogP contribution in [0.4, 0.5) is 5.69 Å². The second-order valence-corrected chi connectivity index (χ2v) is 16.2. The zero-order valence-electron chi connectivity index (χ0n) is 34.4. The third-order valence-corrected chi connectivity index (χ3v) is 12.4. The first-order chi connectivity index (χ1) is 31.2. The van der Waals surface area contributed by atoms with Gasteiger partial charge in [-0.1, -0.05) is 188 Å². The Labute approximate surface area is 366 Å². The Balaban J connectivity index is 0.943. The highest BCUT2D eigenvalue weighted by molar-refractivity contribution is 6.10. The smallest absolute Gasteiger partial charge is 0.160 e. The molecule has 0 saturated heterocycles. The molecule has 1 atom stereocenters. The molecule has 4 nitrogen and oxygen atoms in total. The van der Waals surface area contributed by atoms with Crippen LogP contribution in [-0.4, -0.2) is 14.5 Å². The van der Waals surface area contributed by atoms with E-state index < -0.39 is 0 Å². The lowest BCUT2D eigenvalue weighted by Gasteiger charge is -2.29. The normalized spacial score (nSPS) is 13.5. The van der Waals surface area contributed by atoms with Gasteiger partial charge in [0.1, 0.15) is 0 Å². The number of nitrogens with one attached hydrogen (secondary N) is 1.